The van der Waals surface area contributed by atoms with Crippen LogP contribution in [0, 0.1) is 0 Å². The summed E-state index contributed by atoms with van der Waals surface area (Å²) in [6, 6.07) is 6.64. The topological polar surface area (TPSA) is 79.3 Å². The zero-order valence-electron chi connectivity index (χ0n) is 10.2. The molecular formula is C13H12N2O3S. The number of carboxylic acid groups (broad SMARTS) is 1. The number of nitrogens with zero attached hydrogens (tertiary/aromatic N) is 1. The van der Waals surface area contributed by atoms with Crippen LogP contribution in [0.3, 0.4) is 0 Å². The van der Waals surface area contributed by atoms with Gasteiger partial charge in [0, 0.05) is 12.7 Å². The van der Waals surface area contributed by atoms with Crippen LogP contribution in [0.4, 0.5) is 0 Å². The number of hydrogen-bond donors (Lipinski definition) is 2. The first-order valence-corrected chi connectivity index (χ1v) is 6.51. The van der Waals surface area contributed by atoms with Crippen LogP contribution in [0.5, 0.6) is 0 Å². The first kappa shape index (κ1) is 13.2. The van der Waals surface area contributed by atoms with Crippen molar-refractivity contribution in [2.24, 2.45) is 0 Å². The lowest BCUT2D eigenvalue weighted by Crippen LogP contribution is -2.22. The van der Waals surface area contributed by atoms with Crippen molar-refractivity contribution in [3.05, 3.63) is 40.9 Å². The van der Waals surface area contributed by atoms with E-state index in [1.807, 2.05) is 6.92 Å². The Morgan fingerprint density at radius 1 is 1.32 bits per heavy atom. The number of thiophene rings is 1. The van der Waals surface area contributed by atoms with Gasteiger partial charge in [0.2, 0.25) is 0 Å². The highest BCUT2D eigenvalue weighted by Gasteiger charge is 2.10. The predicted octanol–water partition coefficient (Wildman–Crippen LogP) is 2.26. The van der Waals surface area contributed by atoms with E-state index in [9.17, 15) is 9.59 Å². The zero-order valence-corrected chi connectivity index (χ0v) is 11.0. The van der Waals surface area contributed by atoms with Gasteiger partial charge in [-0.05, 0) is 31.2 Å². The summed E-state index contributed by atoms with van der Waals surface area (Å²) >= 11 is 1.16. The molecule has 5 nitrogen and oxygen atoms in total. The summed E-state index contributed by atoms with van der Waals surface area (Å²) in [6.07, 6.45) is 1.49. The molecule has 0 aliphatic rings. The Morgan fingerprint density at radius 2 is 2.11 bits per heavy atom. The molecule has 2 aromatic rings. The molecule has 19 heavy (non-hydrogen) atoms. The van der Waals surface area contributed by atoms with Crippen LogP contribution in [0.25, 0.3) is 10.6 Å². The molecule has 2 N–H and O–H groups in total. The number of aromatic carboxylic acids is 1. The quantitative estimate of drug-likeness (QED) is 0.897. The molecule has 0 aliphatic carbocycles. The van der Waals surface area contributed by atoms with Gasteiger partial charge in [0.1, 0.15) is 4.88 Å². The van der Waals surface area contributed by atoms with Gasteiger partial charge in [-0.2, -0.15) is 0 Å². The summed E-state index contributed by atoms with van der Waals surface area (Å²) in [7, 11) is 0. The summed E-state index contributed by atoms with van der Waals surface area (Å²) in [5.74, 6) is -1.12. The largest absolute Gasteiger partial charge is 0.477 e. The van der Waals surface area contributed by atoms with E-state index in [-0.39, 0.29) is 10.8 Å². The number of carboxylic acids is 1. The Hall–Kier alpha value is -2.21. The molecule has 0 bridgehead atoms. The molecule has 0 aromatic carbocycles. The summed E-state index contributed by atoms with van der Waals surface area (Å²) in [4.78, 5) is 27.6. The van der Waals surface area contributed by atoms with Gasteiger partial charge in [-0.15, -0.1) is 11.3 Å². The molecule has 2 heterocycles. The average Bonchev–Trinajstić information content (AvgIpc) is 2.89. The van der Waals surface area contributed by atoms with Crippen LogP contribution in [-0.4, -0.2) is 28.5 Å². The van der Waals surface area contributed by atoms with E-state index in [1.165, 1.54) is 6.20 Å². The van der Waals surface area contributed by atoms with Crippen LogP contribution in [-0.2, 0) is 0 Å². The smallest absolute Gasteiger partial charge is 0.345 e. The van der Waals surface area contributed by atoms with Gasteiger partial charge in [-0.3, -0.25) is 9.78 Å². The summed E-state index contributed by atoms with van der Waals surface area (Å²) in [6.45, 7) is 2.41. The highest BCUT2D eigenvalue weighted by Crippen LogP contribution is 2.26. The van der Waals surface area contributed by atoms with Crippen LogP contribution in [0.1, 0.15) is 27.0 Å². The fraction of sp³-hybridized carbons (Fsp3) is 0.154. The van der Waals surface area contributed by atoms with Crippen molar-refractivity contribution >= 4 is 23.2 Å². The van der Waals surface area contributed by atoms with Gasteiger partial charge in [0.25, 0.3) is 5.91 Å². The summed E-state index contributed by atoms with van der Waals surface area (Å²) < 4.78 is 0. The molecule has 98 valence electrons. The lowest BCUT2D eigenvalue weighted by atomic mass is 10.2. The van der Waals surface area contributed by atoms with Crippen molar-refractivity contribution in [1.29, 1.82) is 0 Å². The van der Waals surface area contributed by atoms with Gasteiger partial charge in [0.15, 0.2) is 0 Å². The second-order valence-corrected chi connectivity index (χ2v) is 4.84. The second-order valence-electron chi connectivity index (χ2n) is 3.76. The lowest BCUT2D eigenvalue weighted by molar-refractivity contribution is 0.0702. The fourth-order valence-electron chi connectivity index (χ4n) is 1.53. The molecule has 0 saturated carbocycles. The lowest BCUT2D eigenvalue weighted by Gasteiger charge is -2.02. The van der Waals surface area contributed by atoms with Crippen molar-refractivity contribution in [2.45, 2.75) is 6.92 Å². The van der Waals surface area contributed by atoms with Crippen LogP contribution < -0.4 is 5.32 Å². The van der Waals surface area contributed by atoms with Crippen molar-refractivity contribution in [1.82, 2.24) is 10.3 Å². The van der Waals surface area contributed by atoms with Crippen LogP contribution >= 0.6 is 11.3 Å². The zero-order chi connectivity index (χ0) is 13.8. The normalized spacial score (nSPS) is 10.2. The van der Waals surface area contributed by atoms with Gasteiger partial charge in [-0.1, -0.05) is 0 Å². The van der Waals surface area contributed by atoms with Crippen molar-refractivity contribution in [2.75, 3.05) is 6.54 Å². The molecule has 6 heteroatoms. The minimum absolute atomic E-state index is 0.168. The molecule has 0 saturated heterocycles. The maximum atomic E-state index is 11.6. The summed E-state index contributed by atoms with van der Waals surface area (Å²) in [5.41, 5.74) is 1.14. The van der Waals surface area contributed by atoms with Gasteiger partial charge in [0.05, 0.1) is 16.1 Å². The van der Waals surface area contributed by atoms with E-state index in [4.69, 9.17) is 5.11 Å². The van der Waals surface area contributed by atoms with E-state index in [1.54, 1.807) is 24.3 Å². The third kappa shape index (κ3) is 2.97. The Balaban J connectivity index is 2.22. The second kappa shape index (κ2) is 5.62. The van der Waals surface area contributed by atoms with Crippen molar-refractivity contribution in [3.63, 3.8) is 0 Å². The molecule has 0 fully saturated rings. The molecule has 0 atom stereocenters. The molecule has 0 spiro atoms. The molecule has 0 unspecified atom stereocenters. The molecule has 2 aromatic heterocycles. The van der Waals surface area contributed by atoms with E-state index >= 15 is 0 Å². The van der Waals surface area contributed by atoms with Crippen LogP contribution in [0.2, 0.25) is 0 Å². The van der Waals surface area contributed by atoms with E-state index in [0.29, 0.717) is 17.8 Å². The average molecular weight is 276 g/mol. The van der Waals surface area contributed by atoms with E-state index in [2.05, 4.69) is 10.3 Å². The first-order chi connectivity index (χ1) is 9.11. The van der Waals surface area contributed by atoms with Crippen molar-refractivity contribution in [3.8, 4) is 10.6 Å². The molecule has 1 amide bonds. The highest BCUT2D eigenvalue weighted by atomic mass is 32.1. The maximum absolute atomic E-state index is 11.6. The fourth-order valence-corrected chi connectivity index (χ4v) is 2.35. The number of carbonyl (C=O) groups excluding carboxylic acids is 1. The van der Waals surface area contributed by atoms with Crippen LogP contribution in [0.15, 0.2) is 30.5 Å². The van der Waals surface area contributed by atoms with Gasteiger partial charge < -0.3 is 10.4 Å². The first-order valence-electron chi connectivity index (χ1n) is 5.69. The predicted molar refractivity (Wildman–Crippen MR) is 72.5 cm³/mol. The number of aromatic nitrogens is 1. The molecule has 0 aliphatic heterocycles. The number of hydrogen-bond acceptors (Lipinski definition) is 4. The maximum Gasteiger partial charge on any atom is 0.345 e. The number of nitrogens with one attached hydrogen (secondary N) is 1. The SMILES string of the molecule is CCNC(=O)c1ccc(-c2ccc(C(=O)O)s2)nc1. The third-order valence-electron chi connectivity index (χ3n) is 2.43. The van der Waals surface area contributed by atoms with Gasteiger partial charge in [-0.25, -0.2) is 4.79 Å². The third-order valence-corrected chi connectivity index (χ3v) is 3.53. The Bertz CT molecular complexity index is 605. The Kier molecular flexibility index (Phi) is 3.91. The Labute approximate surface area is 113 Å². The number of pyridine rings is 1. The molecular weight excluding hydrogens is 264 g/mol. The highest BCUT2D eigenvalue weighted by molar-refractivity contribution is 7.17. The van der Waals surface area contributed by atoms with E-state index in [0.717, 1.165) is 16.2 Å². The standard InChI is InChI=1S/C13H12N2O3S/c1-2-14-12(16)8-3-4-9(15-7-8)10-5-6-11(19-10)13(17)18/h3-7H,2H2,1H3,(H,14,16)(H,17,18). The van der Waals surface area contributed by atoms with E-state index < -0.39 is 5.97 Å². The summed E-state index contributed by atoms with van der Waals surface area (Å²) in [5, 5.41) is 11.5. The van der Waals surface area contributed by atoms with Crippen molar-refractivity contribution < 1.29 is 14.7 Å². The number of amides is 1. The molecule has 2 rings (SSSR count). The van der Waals surface area contributed by atoms with Gasteiger partial charge >= 0.3 is 5.97 Å². The number of carbonyl (C=O) groups is 2. The number of rotatable bonds is 4. The Morgan fingerprint density at radius 3 is 2.63 bits per heavy atom. The minimum Gasteiger partial charge on any atom is -0.477 e. The molecule has 0 radical (unpaired) electrons. The minimum atomic E-state index is -0.949. The monoisotopic (exact) mass is 276 g/mol.